The molecule has 0 spiro atoms. The van der Waals surface area contributed by atoms with Gasteiger partial charge in [-0.1, -0.05) is 0 Å². The van der Waals surface area contributed by atoms with Crippen LogP contribution in [0.3, 0.4) is 0 Å². The van der Waals surface area contributed by atoms with Crippen LogP contribution in [0.4, 0.5) is 11.4 Å². The molecule has 0 fully saturated rings. The summed E-state index contributed by atoms with van der Waals surface area (Å²) < 4.78 is 5.10. The van der Waals surface area contributed by atoms with Gasteiger partial charge in [-0.25, -0.2) is 4.79 Å². The molecule has 0 aliphatic carbocycles. The molecular formula is C13H12N2O3. The minimum absolute atomic E-state index is 0.1000. The molecule has 0 aliphatic rings. The summed E-state index contributed by atoms with van der Waals surface area (Å²) in [6.45, 7) is 0. The maximum Gasteiger partial charge on any atom is 0.343 e. The van der Waals surface area contributed by atoms with Crippen LogP contribution < -0.4 is 16.2 Å². The molecule has 5 N–H and O–H groups in total. The molecular weight excluding hydrogens is 232 g/mol. The Labute approximate surface area is 104 Å². The molecule has 0 saturated heterocycles. The number of phenolic OH excluding ortho intramolecular Hbond substituents is 1. The third kappa shape index (κ3) is 2.70. The second-order valence-electron chi connectivity index (χ2n) is 3.77. The van der Waals surface area contributed by atoms with Gasteiger partial charge in [-0.05, 0) is 42.5 Å². The monoisotopic (exact) mass is 244 g/mol. The lowest BCUT2D eigenvalue weighted by Crippen LogP contribution is -2.09. The van der Waals surface area contributed by atoms with Crippen LogP contribution in [0.5, 0.6) is 11.5 Å². The minimum atomic E-state index is -0.556. The Kier molecular flexibility index (Phi) is 3.05. The number of carbonyl (C=O) groups is 1. The molecule has 2 aromatic rings. The minimum Gasteiger partial charge on any atom is -0.508 e. The van der Waals surface area contributed by atoms with Gasteiger partial charge in [-0.2, -0.15) is 0 Å². The number of carbonyl (C=O) groups excluding carboxylic acids is 1. The van der Waals surface area contributed by atoms with Gasteiger partial charge in [0.2, 0.25) is 0 Å². The fourth-order valence-corrected chi connectivity index (χ4v) is 1.47. The number of phenols is 1. The number of hydrogen-bond acceptors (Lipinski definition) is 5. The zero-order valence-corrected chi connectivity index (χ0v) is 9.46. The predicted octanol–water partition coefficient (Wildman–Crippen LogP) is 1.78. The largest absolute Gasteiger partial charge is 0.508 e. The molecule has 0 aromatic heterocycles. The smallest absolute Gasteiger partial charge is 0.343 e. The van der Waals surface area contributed by atoms with Crippen molar-refractivity contribution in [1.82, 2.24) is 0 Å². The second-order valence-corrected chi connectivity index (χ2v) is 3.77. The fourth-order valence-electron chi connectivity index (χ4n) is 1.47. The van der Waals surface area contributed by atoms with E-state index in [1.807, 2.05) is 0 Å². The first-order valence-corrected chi connectivity index (χ1v) is 5.22. The van der Waals surface area contributed by atoms with Gasteiger partial charge in [-0.15, -0.1) is 0 Å². The summed E-state index contributed by atoms with van der Waals surface area (Å²) >= 11 is 0. The maximum absolute atomic E-state index is 11.8. The molecule has 0 amide bonds. The first-order valence-electron chi connectivity index (χ1n) is 5.22. The van der Waals surface area contributed by atoms with Gasteiger partial charge in [0, 0.05) is 11.4 Å². The number of nitrogens with two attached hydrogens (primary N) is 2. The molecule has 5 nitrogen and oxygen atoms in total. The number of ether oxygens (including phenoxy) is 1. The number of benzene rings is 2. The summed E-state index contributed by atoms with van der Waals surface area (Å²) in [5.41, 5.74) is 12.2. The van der Waals surface area contributed by atoms with E-state index in [4.69, 9.17) is 21.3 Å². The molecule has 2 rings (SSSR count). The maximum atomic E-state index is 11.8. The van der Waals surface area contributed by atoms with Crippen LogP contribution in [-0.4, -0.2) is 11.1 Å². The summed E-state index contributed by atoms with van der Waals surface area (Å²) in [5.74, 6) is -0.124. The van der Waals surface area contributed by atoms with E-state index in [0.29, 0.717) is 17.1 Å². The van der Waals surface area contributed by atoms with E-state index >= 15 is 0 Å². The van der Waals surface area contributed by atoms with E-state index < -0.39 is 5.97 Å². The lowest BCUT2D eigenvalue weighted by molar-refractivity contribution is 0.0734. The number of esters is 1. The van der Waals surface area contributed by atoms with Crippen LogP contribution in [-0.2, 0) is 0 Å². The van der Waals surface area contributed by atoms with Crippen LogP contribution >= 0.6 is 0 Å². The van der Waals surface area contributed by atoms with Crippen molar-refractivity contribution in [3.8, 4) is 11.5 Å². The van der Waals surface area contributed by atoms with Gasteiger partial charge in [-0.3, -0.25) is 0 Å². The number of rotatable bonds is 2. The van der Waals surface area contributed by atoms with Crippen molar-refractivity contribution in [2.24, 2.45) is 0 Å². The van der Waals surface area contributed by atoms with Crippen molar-refractivity contribution in [2.45, 2.75) is 0 Å². The van der Waals surface area contributed by atoms with Crippen molar-refractivity contribution in [3.63, 3.8) is 0 Å². The van der Waals surface area contributed by atoms with Crippen LogP contribution in [0.25, 0.3) is 0 Å². The summed E-state index contributed by atoms with van der Waals surface area (Å²) in [5, 5.41) is 9.11. The highest BCUT2D eigenvalue weighted by atomic mass is 16.5. The lowest BCUT2D eigenvalue weighted by Gasteiger charge is -2.06. The molecule has 0 heterocycles. The fraction of sp³-hybridized carbons (Fsp3) is 0. The van der Waals surface area contributed by atoms with Crippen molar-refractivity contribution >= 4 is 17.3 Å². The van der Waals surface area contributed by atoms with E-state index in [0.717, 1.165) is 0 Å². The Morgan fingerprint density at radius 3 is 2.11 bits per heavy atom. The normalized spacial score (nSPS) is 10.0. The molecule has 0 saturated carbocycles. The van der Waals surface area contributed by atoms with Gasteiger partial charge in [0.1, 0.15) is 11.5 Å². The summed E-state index contributed by atoms with van der Waals surface area (Å²) in [6, 6.07) is 10.4. The Balaban J connectivity index is 2.19. The van der Waals surface area contributed by atoms with E-state index in [9.17, 15) is 4.79 Å². The van der Waals surface area contributed by atoms with Crippen LogP contribution in [0.2, 0.25) is 0 Å². The third-order valence-electron chi connectivity index (χ3n) is 2.26. The molecule has 5 heteroatoms. The van der Waals surface area contributed by atoms with Gasteiger partial charge < -0.3 is 21.3 Å². The zero-order chi connectivity index (χ0) is 13.1. The van der Waals surface area contributed by atoms with Crippen LogP contribution in [0, 0.1) is 0 Å². The lowest BCUT2D eigenvalue weighted by atomic mass is 10.2. The average Bonchev–Trinajstić information content (AvgIpc) is 2.31. The molecule has 18 heavy (non-hydrogen) atoms. The predicted molar refractivity (Wildman–Crippen MR) is 68.3 cm³/mol. The zero-order valence-electron chi connectivity index (χ0n) is 9.46. The Hall–Kier alpha value is -2.69. The number of nitrogen functional groups attached to an aromatic ring is 2. The highest BCUT2D eigenvalue weighted by Gasteiger charge is 2.10. The topological polar surface area (TPSA) is 98.6 Å². The highest BCUT2D eigenvalue weighted by Crippen LogP contribution is 2.19. The highest BCUT2D eigenvalue weighted by molar-refractivity contribution is 5.93. The molecule has 0 radical (unpaired) electrons. The van der Waals surface area contributed by atoms with Crippen molar-refractivity contribution < 1.29 is 14.6 Å². The van der Waals surface area contributed by atoms with Gasteiger partial charge in [0.05, 0.1) is 5.56 Å². The molecule has 92 valence electrons. The Morgan fingerprint density at radius 1 is 1.00 bits per heavy atom. The quantitative estimate of drug-likeness (QED) is 0.425. The van der Waals surface area contributed by atoms with Gasteiger partial charge >= 0.3 is 5.97 Å². The number of aromatic hydroxyl groups is 1. The molecule has 2 aromatic carbocycles. The average molecular weight is 244 g/mol. The van der Waals surface area contributed by atoms with Crippen LogP contribution in [0.15, 0.2) is 42.5 Å². The van der Waals surface area contributed by atoms with Gasteiger partial charge in [0.25, 0.3) is 0 Å². The molecule has 0 bridgehead atoms. The van der Waals surface area contributed by atoms with Crippen LogP contribution in [0.1, 0.15) is 10.4 Å². The number of hydrogen-bond donors (Lipinski definition) is 3. The summed E-state index contributed by atoms with van der Waals surface area (Å²) in [6.07, 6.45) is 0. The third-order valence-corrected chi connectivity index (χ3v) is 2.26. The van der Waals surface area contributed by atoms with E-state index in [1.54, 1.807) is 6.07 Å². The van der Waals surface area contributed by atoms with E-state index in [-0.39, 0.29) is 11.3 Å². The molecule has 0 atom stereocenters. The van der Waals surface area contributed by atoms with Gasteiger partial charge in [0.15, 0.2) is 0 Å². The Bertz CT molecular complexity index is 559. The SMILES string of the molecule is Nc1cc(N)cc(C(=O)Oc2ccc(O)cc2)c1. The van der Waals surface area contributed by atoms with Crippen molar-refractivity contribution in [2.75, 3.05) is 11.5 Å². The summed E-state index contributed by atoms with van der Waals surface area (Å²) in [7, 11) is 0. The first-order chi connectivity index (χ1) is 8.54. The first kappa shape index (κ1) is 11.8. The number of anilines is 2. The summed E-state index contributed by atoms with van der Waals surface area (Å²) in [4.78, 5) is 11.8. The van der Waals surface area contributed by atoms with E-state index in [1.165, 1.54) is 36.4 Å². The Morgan fingerprint density at radius 2 is 1.56 bits per heavy atom. The van der Waals surface area contributed by atoms with Crippen molar-refractivity contribution in [3.05, 3.63) is 48.0 Å². The standard InChI is InChI=1S/C13H12N2O3/c14-9-5-8(6-10(15)7-9)13(17)18-12-3-1-11(16)2-4-12/h1-7,16H,14-15H2. The van der Waals surface area contributed by atoms with Crippen molar-refractivity contribution in [1.29, 1.82) is 0 Å². The molecule has 0 aliphatic heterocycles. The second kappa shape index (κ2) is 4.67. The molecule has 0 unspecified atom stereocenters. The van der Waals surface area contributed by atoms with E-state index in [2.05, 4.69) is 0 Å².